The van der Waals surface area contributed by atoms with Crippen LogP contribution in [0.25, 0.3) is 0 Å². The molecule has 0 heterocycles. The fourth-order valence-electron chi connectivity index (χ4n) is 5.67. The average Bonchev–Trinajstić information content (AvgIpc) is 3.21. The molecule has 0 fully saturated rings. The molecule has 0 aromatic heterocycles. The molecular formula is C37H65N15O13S. The standard InChI is InChI=1S/C37H65N15O13S/c1-18(29(39)59)46-30(60)20(6-4-15-44-36(40)41)48-31(61)21(7-5-16-45-37(42)43)49-33(63)23(8-11-26(38)54)50-35(65)25(14-17-66-3)52-34(64)24(10-13-28(57)58)51-32(62)22(47-19(2)53)9-12-27(55)56/h18,20-25H,4-17H2,1-3H3,(H2,38,54)(H2,39,59)(H,46,60)(H,47,53)(H,48,61)(H,49,63)(H,50,65)(H,51,62)(H,52,64)(H,55,56)(H,57,58)(H4,40,41,44)(H4,42,43,45). The van der Waals surface area contributed by atoms with Gasteiger partial charge in [-0.05, 0) is 70.3 Å². The highest BCUT2D eigenvalue weighted by Gasteiger charge is 2.34. The Labute approximate surface area is 384 Å². The molecule has 29 heteroatoms. The van der Waals surface area contributed by atoms with Gasteiger partial charge in [-0.2, -0.15) is 11.8 Å². The zero-order valence-corrected chi connectivity index (χ0v) is 37.9. The van der Waals surface area contributed by atoms with Crippen LogP contribution < -0.4 is 71.6 Å². The number of nitrogens with zero attached hydrogens (tertiary/aromatic N) is 2. The summed E-state index contributed by atoms with van der Waals surface area (Å²) in [5, 5.41) is 35.3. The van der Waals surface area contributed by atoms with Crippen molar-refractivity contribution in [1.29, 1.82) is 0 Å². The first kappa shape index (κ1) is 59.1. The van der Waals surface area contributed by atoms with E-state index in [1.807, 2.05) is 0 Å². The number of carbonyl (C=O) groups excluding carboxylic acids is 9. The van der Waals surface area contributed by atoms with Crippen LogP contribution in [0.3, 0.4) is 0 Å². The number of rotatable bonds is 34. The van der Waals surface area contributed by atoms with Gasteiger partial charge in [0.05, 0.1) is 0 Å². The second-order valence-electron chi connectivity index (χ2n) is 14.7. The quantitative estimate of drug-likeness (QED) is 0.0162. The minimum Gasteiger partial charge on any atom is -0.481 e. The van der Waals surface area contributed by atoms with Gasteiger partial charge in [0.2, 0.25) is 53.2 Å². The van der Waals surface area contributed by atoms with Crippen molar-refractivity contribution in [2.45, 2.75) is 127 Å². The molecule has 9 amide bonds. The maximum absolute atomic E-state index is 14.0. The van der Waals surface area contributed by atoms with Crippen molar-refractivity contribution in [1.82, 2.24) is 37.2 Å². The summed E-state index contributed by atoms with van der Waals surface area (Å²) in [7, 11) is 0. The number of amides is 9. The first-order chi connectivity index (χ1) is 30.9. The predicted molar refractivity (Wildman–Crippen MR) is 239 cm³/mol. The largest absolute Gasteiger partial charge is 0.481 e. The van der Waals surface area contributed by atoms with Crippen molar-refractivity contribution in [2.24, 2.45) is 44.4 Å². The molecule has 0 aliphatic heterocycles. The molecule has 0 saturated carbocycles. The summed E-state index contributed by atoms with van der Waals surface area (Å²) in [6.07, 6.45) is -1.33. The van der Waals surface area contributed by atoms with Crippen molar-refractivity contribution < 1.29 is 63.0 Å². The Hall–Kier alpha value is -6.94. The molecule has 66 heavy (non-hydrogen) atoms. The van der Waals surface area contributed by atoms with E-state index in [0.29, 0.717) is 0 Å². The molecule has 0 spiro atoms. The fraction of sp³-hybridized carbons (Fsp3) is 0.649. The number of guanidine groups is 2. The summed E-state index contributed by atoms with van der Waals surface area (Å²) in [4.78, 5) is 148. The normalized spacial score (nSPS) is 13.8. The van der Waals surface area contributed by atoms with E-state index in [1.54, 1.807) is 6.26 Å². The summed E-state index contributed by atoms with van der Waals surface area (Å²) in [5.41, 5.74) is 32.3. The van der Waals surface area contributed by atoms with E-state index >= 15 is 0 Å². The number of primary amides is 2. The van der Waals surface area contributed by atoms with Crippen LogP contribution in [0.4, 0.5) is 0 Å². The smallest absolute Gasteiger partial charge is 0.303 e. The monoisotopic (exact) mass is 959 g/mol. The highest BCUT2D eigenvalue weighted by Crippen LogP contribution is 2.10. The molecule has 0 aliphatic carbocycles. The number of nitrogens with one attached hydrogen (secondary N) is 7. The van der Waals surface area contributed by atoms with Crippen LogP contribution in [0.15, 0.2) is 9.98 Å². The third-order valence-electron chi connectivity index (χ3n) is 9.12. The van der Waals surface area contributed by atoms with Crippen LogP contribution in [-0.4, -0.2) is 155 Å². The lowest BCUT2D eigenvalue weighted by atomic mass is 10.0. The maximum atomic E-state index is 14.0. The highest BCUT2D eigenvalue weighted by atomic mass is 32.2. The third-order valence-corrected chi connectivity index (χ3v) is 9.76. The number of hydrogen-bond acceptors (Lipinski definition) is 14. The van der Waals surface area contributed by atoms with Crippen LogP contribution in [0.2, 0.25) is 0 Å². The summed E-state index contributed by atoms with van der Waals surface area (Å²) in [6.45, 7) is 2.43. The second-order valence-corrected chi connectivity index (χ2v) is 15.7. The van der Waals surface area contributed by atoms with Crippen molar-refractivity contribution in [3.05, 3.63) is 0 Å². The lowest BCUT2D eigenvalue weighted by Crippen LogP contribution is -2.60. The fourth-order valence-corrected chi connectivity index (χ4v) is 6.14. The Morgan fingerprint density at radius 3 is 1.11 bits per heavy atom. The van der Waals surface area contributed by atoms with Crippen LogP contribution in [0.1, 0.15) is 84.5 Å². The molecule has 21 N–H and O–H groups in total. The Kier molecular flexibility index (Phi) is 28.5. The first-order valence-corrected chi connectivity index (χ1v) is 22.0. The minimum absolute atomic E-state index is 0.0106. The summed E-state index contributed by atoms with van der Waals surface area (Å²) in [6, 6.07) is -10.0. The molecule has 0 saturated heterocycles. The van der Waals surface area contributed by atoms with Crippen LogP contribution >= 0.6 is 11.8 Å². The predicted octanol–water partition coefficient (Wildman–Crippen LogP) is -6.24. The van der Waals surface area contributed by atoms with E-state index in [-0.39, 0.29) is 69.3 Å². The first-order valence-electron chi connectivity index (χ1n) is 20.6. The highest BCUT2D eigenvalue weighted by molar-refractivity contribution is 7.98. The Morgan fingerprint density at radius 2 is 0.803 bits per heavy atom. The molecule has 0 aromatic rings. The lowest BCUT2D eigenvalue weighted by molar-refractivity contribution is -0.140. The number of carboxylic acids is 2. The number of aliphatic carboxylic acids is 2. The van der Waals surface area contributed by atoms with Crippen LogP contribution in [-0.2, 0) is 52.7 Å². The van der Waals surface area contributed by atoms with Gasteiger partial charge >= 0.3 is 11.9 Å². The SMILES string of the molecule is CSCCC(NC(=O)C(CCC(=O)O)NC(=O)C(CCC(=O)O)NC(C)=O)C(=O)NC(CCC(N)=O)C(=O)NC(CCCN=C(N)N)C(=O)NC(CCCN=C(N)N)C(=O)NC(C)C(N)=O. The summed E-state index contributed by atoms with van der Waals surface area (Å²) < 4.78 is 0. The van der Waals surface area contributed by atoms with Gasteiger partial charge in [0.15, 0.2) is 11.9 Å². The Morgan fingerprint density at radius 1 is 0.485 bits per heavy atom. The van der Waals surface area contributed by atoms with E-state index in [1.165, 1.54) is 18.7 Å². The number of hydrogen-bond donors (Lipinski definition) is 15. The second kappa shape index (κ2) is 31.8. The number of thioether (sulfide) groups is 1. The molecule has 0 bridgehead atoms. The molecule has 372 valence electrons. The maximum Gasteiger partial charge on any atom is 0.303 e. The van der Waals surface area contributed by atoms with Gasteiger partial charge in [0, 0.05) is 39.3 Å². The van der Waals surface area contributed by atoms with Crippen molar-refractivity contribution in [3.63, 3.8) is 0 Å². The molecule has 0 rings (SSSR count). The number of carbonyl (C=O) groups is 11. The molecule has 0 aliphatic rings. The molecule has 28 nitrogen and oxygen atoms in total. The van der Waals surface area contributed by atoms with Gasteiger partial charge in [0.25, 0.3) is 0 Å². The minimum atomic E-state index is -1.62. The van der Waals surface area contributed by atoms with Crippen molar-refractivity contribution in [2.75, 3.05) is 25.1 Å². The number of nitrogens with two attached hydrogens (primary N) is 6. The van der Waals surface area contributed by atoms with E-state index in [9.17, 15) is 57.8 Å². The van der Waals surface area contributed by atoms with Crippen molar-refractivity contribution >= 4 is 88.8 Å². The van der Waals surface area contributed by atoms with Gasteiger partial charge in [-0.25, -0.2) is 0 Å². The van der Waals surface area contributed by atoms with Gasteiger partial charge in [-0.15, -0.1) is 0 Å². The topological polar surface area (TPSA) is 493 Å². The number of carboxylic acid groups (broad SMARTS) is 2. The molecular weight excluding hydrogens is 895 g/mol. The van der Waals surface area contributed by atoms with E-state index in [0.717, 1.165) is 6.92 Å². The zero-order valence-electron chi connectivity index (χ0n) is 37.1. The summed E-state index contributed by atoms with van der Waals surface area (Å²) in [5.74, 6) is -11.1. The van der Waals surface area contributed by atoms with Crippen molar-refractivity contribution in [3.8, 4) is 0 Å². The lowest BCUT2D eigenvalue weighted by Gasteiger charge is -2.27. The Bertz CT molecular complexity index is 1780. The Balaban J connectivity index is 6.75. The summed E-state index contributed by atoms with van der Waals surface area (Å²) >= 11 is 1.26. The average molecular weight is 960 g/mol. The molecule has 0 aromatic carbocycles. The van der Waals surface area contributed by atoms with Gasteiger partial charge in [-0.1, -0.05) is 0 Å². The molecule has 7 atom stereocenters. The molecule has 7 unspecified atom stereocenters. The van der Waals surface area contributed by atoms with Crippen LogP contribution in [0, 0.1) is 0 Å². The van der Waals surface area contributed by atoms with Crippen LogP contribution in [0.5, 0.6) is 0 Å². The van der Waals surface area contributed by atoms with Gasteiger partial charge in [-0.3, -0.25) is 62.7 Å². The zero-order chi connectivity index (χ0) is 50.5. The van der Waals surface area contributed by atoms with E-state index in [2.05, 4.69) is 47.2 Å². The molecule has 0 radical (unpaired) electrons. The number of aliphatic imine (C=N–C) groups is 2. The van der Waals surface area contributed by atoms with Gasteiger partial charge < -0.3 is 81.8 Å². The van der Waals surface area contributed by atoms with E-state index in [4.69, 9.17) is 39.5 Å². The third kappa shape index (κ3) is 26.6. The van der Waals surface area contributed by atoms with E-state index < -0.39 is 140 Å². The van der Waals surface area contributed by atoms with Gasteiger partial charge in [0.1, 0.15) is 42.3 Å².